The maximum Gasteiger partial charge on any atom is 0.101 e. The second kappa shape index (κ2) is 4.13. The maximum absolute atomic E-state index is 8.60. The van der Waals surface area contributed by atoms with Crippen LogP contribution in [0.25, 0.3) is 0 Å². The summed E-state index contributed by atoms with van der Waals surface area (Å²) in [7, 11) is 0. The van der Waals surface area contributed by atoms with Crippen LogP contribution >= 0.6 is 39.1 Å². The van der Waals surface area contributed by atoms with Crippen LogP contribution in [0.5, 0.6) is 0 Å². The number of alkyl halides is 1. The molecule has 4 heteroatoms. The minimum atomic E-state index is 0.409. The standard InChI is InChI=1S/C8H4BrCl2N/c9-3-5-1-8(11)6(4-12)2-7(5)10/h1-2H,3H2. The molecule has 1 aromatic rings. The lowest BCUT2D eigenvalue weighted by molar-refractivity contribution is 1.41. The predicted octanol–water partition coefficient (Wildman–Crippen LogP) is 3.76. The van der Waals surface area contributed by atoms with Crippen LogP contribution in [-0.4, -0.2) is 0 Å². The van der Waals surface area contributed by atoms with E-state index >= 15 is 0 Å². The zero-order valence-corrected chi connectivity index (χ0v) is 9.04. The highest BCUT2D eigenvalue weighted by Crippen LogP contribution is 2.26. The molecule has 0 bridgehead atoms. The van der Waals surface area contributed by atoms with E-state index in [-0.39, 0.29) is 0 Å². The van der Waals surface area contributed by atoms with Crippen LogP contribution in [0, 0.1) is 11.3 Å². The van der Waals surface area contributed by atoms with Crippen LogP contribution in [0.15, 0.2) is 12.1 Å². The van der Waals surface area contributed by atoms with E-state index < -0.39 is 0 Å². The predicted molar refractivity (Wildman–Crippen MR) is 53.8 cm³/mol. The van der Waals surface area contributed by atoms with Gasteiger partial charge in [-0.3, -0.25) is 0 Å². The lowest BCUT2D eigenvalue weighted by atomic mass is 10.2. The average Bonchev–Trinajstić information content (AvgIpc) is 2.08. The lowest BCUT2D eigenvalue weighted by Crippen LogP contribution is -1.84. The first-order chi connectivity index (χ1) is 5.69. The molecule has 0 saturated carbocycles. The molecule has 0 aliphatic carbocycles. The number of nitrogens with zero attached hydrogens (tertiary/aromatic N) is 1. The summed E-state index contributed by atoms with van der Waals surface area (Å²) >= 11 is 14.9. The van der Waals surface area contributed by atoms with Gasteiger partial charge in [0, 0.05) is 10.4 Å². The van der Waals surface area contributed by atoms with E-state index in [2.05, 4.69) is 15.9 Å². The van der Waals surface area contributed by atoms with Crippen LogP contribution in [0.4, 0.5) is 0 Å². The summed E-state index contributed by atoms with van der Waals surface area (Å²) in [5, 5.41) is 10.2. The van der Waals surface area contributed by atoms with Gasteiger partial charge in [-0.25, -0.2) is 0 Å². The van der Waals surface area contributed by atoms with Gasteiger partial charge >= 0.3 is 0 Å². The fraction of sp³-hybridized carbons (Fsp3) is 0.125. The molecule has 12 heavy (non-hydrogen) atoms. The first kappa shape index (κ1) is 9.85. The minimum Gasteiger partial charge on any atom is -0.192 e. The zero-order valence-electron chi connectivity index (χ0n) is 5.94. The van der Waals surface area contributed by atoms with Gasteiger partial charge in [-0.2, -0.15) is 5.26 Å². The van der Waals surface area contributed by atoms with Gasteiger partial charge in [0.1, 0.15) is 6.07 Å². The summed E-state index contributed by atoms with van der Waals surface area (Å²) in [5.41, 5.74) is 1.30. The number of halogens is 3. The van der Waals surface area contributed by atoms with Crippen molar-refractivity contribution in [1.29, 1.82) is 5.26 Å². The largest absolute Gasteiger partial charge is 0.192 e. The third kappa shape index (κ3) is 1.92. The summed E-state index contributed by atoms with van der Waals surface area (Å²) < 4.78 is 0. The van der Waals surface area contributed by atoms with Crippen LogP contribution < -0.4 is 0 Å². The zero-order chi connectivity index (χ0) is 9.14. The van der Waals surface area contributed by atoms with Crippen molar-refractivity contribution in [2.24, 2.45) is 0 Å². The monoisotopic (exact) mass is 263 g/mol. The van der Waals surface area contributed by atoms with Gasteiger partial charge in [0.15, 0.2) is 0 Å². The van der Waals surface area contributed by atoms with E-state index in [4.69, 9.17) is 28.5 Å². The SMILES string of the molecule is N#Cc1cc(Cl)c(CBr)cc1Cl. The smallest absolute Gasteiger partial charge is 0.101 e. The van der Waals surface area contributed by atoms with Crippen molar-refractivity contribution < 1.29 is 0 Å². The van der Waals surface area contributed by atoms with Crippen molar-refractivity contribution in [3.05, 3.63) is 33.3 Å². The molecule has 0 spiro atoms. The Balaban J connectivity index is 3.28. The van der Waals surface area contributed by atoms with Gasteiger partial charge in [-0.1, -0.05) is 39.1 Å². The Bertz CT molecular complexity index is 343. The molecule has 0 aromatic heterocycles. The van der Waals surface area contributed by atoms with Gasteiger partial charge in [-0.05, 0) is 17.7 Å². The number of nitriles is 1. The molecule has 0 aliphatic rings. The number of benzene rings is 1. The van der Waals surface area contributed by atoms with Crippen molar-refractivity contribution >= 4 is 39.1 Å². The molecule has 1 rings (SSSR count). The normalized spacial score (nSPS) is 9.50. The molecule has 0 atom stereocenters. The highest BCUT2D eigenvalue weighted by Gasteiger charge is 2.05. The molecular weight excluding hydrogens is 261 g/mol. The van der Waals surface area contributed by atoms with Gasteiger partial charge in [-0.15, -0.1) is 0 Å². The maximum atomic E-state index is 8.60. The summed E-state index contributed by atoms with van der Waals surface area (Å²) in [4.78, 5) is 0. The molecule has 62 valence electrons. The summed E-state index contributed by atoms with van der Waals surface area (Å²) in [5.74, 6) is 0. The van der Waals surface area contributed by atoms with E-state index in [9.17, 15) is 0 Å². The topological polar surface area (TPSA) is 23.8 Å². The average molecular weight is 265 g/mol. The van der Waals surface area contributed by atoms with Gasteiger partial charge in [0.2, 0.25) is 0 Å². The second-order valence-electron chi connectivity index (χ2n) is 2.17. The van der Waals surface area contributed by atoms with Gasteiger partial charge < -0.3 is 0 Å². The Morgan fingerprint density at radius 1 is 1.33 bits per heavy atom. The summed E-state index contributed by atoms with van der Waals surface area (Å²) in [6.45, 7) is 0. The Labute approximate surface area is 89.0 Å². The van der Waals surface area contributed by atoms with E-state index in [0.29, 0.717) is 20.9 Å². The quantitative estimate of drug-likeness (QED) is 0.709. The molecule has 0 heterocycles. The van der Waals surface area contributed by atoms with Crippen molar-refractivity contribution in [2.75, 3.05) is 0 Å². The van der Waals surface area contributed by atoms with E-state index in [0.717, 1.165) is 5.56 Å². The van der Waals surface area contributed by atoms with E-state index in [1.807, 2.05) is 6.07 Å². The van der Waals surface area contributed by atoms with Crippen LogP contribution in [0.1, 0.15) is 11.1 Å². The van der Waals surface area contributed by atoms with Crippen molar-refractivity contribution in [3.8, 4) is 6.07 Å². The Kier molecular flexibility index (Phi) is 3.39. The highest BCUT2D eigenvalue weighted by molar-refractivity contribution is 9.08. The third-order valence-electron chi connectivity index (χ3n) is 1.40. The first-order valence-corrected chi connectivity index (χ1v) is 5.00. The first-order valence-electron chi connectivity index (χ1n) is 3.13. The fourth-order valence-electron chi connectivity index (χ4n) is 0.776. The lowest BCUT2D eigenvalue weighted by Gasteiger charge is -2.01. The molecule has 1 nitrogen and oxygen atoms in total. The van der Waals surface area contributed by atoms with Gasteiger partial charge in [0.25, 0.3) is 0 Å². The number of rotatable bonds is 1. The molecular formula is C8H4BrCl2N. The van der Waals surface area contributed by atoms with Crippen LogP contribution in [0.3, 0.4) is 0 Å². The van der Waals surface area contributed by atoms with Crippen LogP contribution in [0.2, 0.25) is 10.0 Å². The third-order valence-corrected chi connectivity index (χ3v) is 2.67. The minimum absolute atomic E-state index is 0.409. The molecule has 0 amide bonds. The molecule has 0 saturated heterocycles. The molecule has 0 radical (unpaired) electrons. The molecule has 0 unspecified atom stereocenters. The Morgan fingerprint density at radius 2 is 2.00 bits per heavy atom. The Morgan fingerprint density at radius 3 is 2.50 bits per heavy atom. The fourth-order valence-corrected chi connectivity index (χ4v) is 1.86. The van der Waals surface area contributed by atoms with Gasteiger partial charge in [0.05, 0.1) is 10.6 Å². The second-order valence-corrected chi connectivity index (χ2v) is 3.54. The highest BCUT2D eigenvalue weighted by atomic mass is 79.9. The van der Waals surface area contributed by atoms with Crippen molar-refractivity contribution in [2.45, 2.75) is 5.33 Å². The van der Waals surface area contributed by atoms with Crippen molar-refractivity contribution in [1.82, 2.24) is 0 Å². The molecule has 0 N–H and O–H groups in total. The number of hydrogen-bond acceptors (Lipinski definition) is 1. The molecule has 0 fully saturated rings. The summed E-state index contributed by atoms with van der Waals surface area (Å²) in [6, 6.07) is 5.22. The van der Waals surface area contributed by atoms with Crippen molar-refractivity contribution in [3.63, 3.8) is 0 Å². The number of hydrogen-bond donors (Lipinski definition) is 0. The van der Waals surface area contributed by atoms with Crippen LogP contribution in [-0.2, 0) is 5.33 Å². The molecule has 0 aliphatic heterocycles. The molecule has 1 aromatic carbocycles. The Hall–Kier alpha value is -0.230. The van der Waals surface area contributed by atoms with E-state index in [1.165, 1.54) is 0 Å². The van der Waals surface area contributed by atoms with E-state index in [1.54, 1.807) is 12.1 Å². The summed E-state index contributed by atoms with van der Waals surface area (Å²) in [6.07, 6.45) is 0.